The number of carbonyl (C=O) groups excluding carboxylic acids is 2. The van der Waals surface area contributed by atoms with Gasteiger partial charge >= 0.3 is 0 Å². The van der Waals surface area contributed by atoms with Gasteiger partial charge in [0, 0.05) is 31.9 Å². The van der Waals surface area contributed by atoms with Crippen molar-refractivity contribution in [2.75, 3.05) is 11.6 Å². The van der Waals surface area contributed by atoms with Crippen molar-refractivity contribution >= 4 is 23.2 Å². The predicted molar refractivity (Wildman–Crippen MR) is 93.8 cm³/mol. The number of nitrogens with zero attached hydrogens (tertiary/aromatic N) is 4. The highest BCUT2D eigenvalue weighted by Crippen LogP contribution is 2.24. The maximum Gasteiger partial charge on any atom is 0.267 e. The molecule has 2 aromatic rings. The van der Waals surface area contributed by atoms with Crippen molar-refractivity contribution in [2.24, 2.45) is 10.8 Å². The minimum Gasteiger partial charge on any atom is -0.368 e. The lowest BCUT2D eigenvalue weighted by molar-refractivity contribution is -0.119. The predicted octanol–water partition coefficient (Wildman–Crippen LogP) is 0.510. The zero-order chi connectivity index (χ0) is 17.6. The number of nitrogens with two attached hydrogens (primary N) is 1. The molecule has 0 fully saturated rings. The van der Waals surface area contributed by atoms with E-state index in [1.165, 1.54) is 5.01 Å². The zero-order valence-corrected chi connectivity index (χ0v) is 13.7. The number of nitrogens with one attached hydrogen (secondary N) is 1. The van der Waals surface area contributed by atoms with Crippen LogP contribution in [0.5, 0.6) is 0 Å². The molecule has 2 heterocycles. The standard InChI is InChI=1S/C17H20N6O2/c18-16(24)15-12-14(21-23(15)13-6-2-1-3-7-13)17(25)19-8-4-10-22-11-5-9-20-22/h1-3,5-7,9,11,15H,4,8,10,12H2,(H2,18,24)(H,19,25). The molecule has 3 rings (SSSR count). The molecule has 0 radical (unpaired) electrons. The molecule has 1 aliphatic rings. The fourth-order valence-electron chi connectivity index (χ4n) is 2.67. The van der Waals surface area contributed by atoms with Crippen LogP contribution in [0, 0.1) is 0 Å². The van der Waals surface area contributed by atoms with Gasteiger partial charge in [-0.05, 0) is 24.6 Å². The highest BCUT2D eigenvalue weighted by molar-refractivity contribution is 6.40. The maximum atomic E-state index is 12.3. The summed E-state index contributed by atoms with van der Waals surface area (Å²) in [6, 6.07) is 10.4. The van der Waals surface area contributed by atoms with E-state index in [9.17, 15) is 9.59 Å². The number of para-hydroxylation sites is 1. The third-order valence-electron chi connectivity index (χ3n) is 3.93. The first-order chi connectivity index (χ1) is 12.1. The molecule has 1 aromatic carbocycles. The van der Waals surface area contributed by atoms with Crippen LogP contribution in [0.1, 0.15) is 12.8 Å². The minimum atomic E-state index is -0.646. The Morgan fingerprint density at radius 2 is 2.04 bits per heavy atom. The number of benzene rings is 1. The van der Waals surface area contributed by atoms with Crippen molar-refractivity contribution in [3.8, 4) is 0 Å². The second-order valence-corrected chi connectivity index (χ2v) is 5.73. The summed E-state index contributed by atoms with van der Waals surface area (Å²) in [6.45, 7) is 1.23. The van der Waals surface area contributed by atoms with Gasteiger partial charge in [0.25, 0.3) is 5.91 Å². The lowest BCUT2D eigenvalue weighted by Crippen LogP contribution is -2.40. The first-order valence-electron chi connectivity index (χ1n) is 8.12. The summed E-state index contributed by atoms with van der Waals surface area (Å²) in [4.78, 5) is 24.0. The van der Waals surface area contributed by atoms with Gasteiger partial charge in [-0.15, -0.1) is 0 Å². The average Bonchev–Trinajstić information content (AvgIpc) is 3.29. The van der Waals surface area contributed by atoms with E-state index in [-0.39, 0.29) is 12.3 Å². The van der Waals surface area contributed by atoms with Crippen LogP contribution in [0.25, 0.3) is 0 Å². The number of hydrogen-bond acceptors (Lipinski definition) is 5. The molecule has 0 spiro atoms. The molecule has 3 N–H and O–H groups in total. The van der Waals surface area contributed by atoms with Crippen molar-refractivity contribution in [1.29, 1.82) is 0 Å². The van der Waals surface area contributed by atoms with E-state index in [1.807, 2.05) is 42.6 Å². The first kappa shape index (κ1) is 16.7. The Morgan fingerprint density at radius 3 is 2.72 bits per heavy atom. The molecule has 0 aliphatic carbocycles. The Morgan fingerprint density at radius 1 is 1.24 bits per heavy atom. The summed E-state index contributed by atoms with van der Waals surface area (Å²) >= 11 is 0. The van der Waals surface area contributed by atoms with Crippen LogP contribution >= 0.6 is 0 Å². The molecular weight excluding hydrogens is 320 g/mol. The number of rotatable bonds is 7. The summed E-state index contributed by atoms with van der Waals surface area (Å²) in [5.41, 5.74) is 6.51. The van der Waals surface area contributed by atoms with E-state index in [0.717, 1.165) is 18.7 Å². The summed E-state index contributed by atoms with van der Waals surface area (Å²) in [6.07, 6.45) is 4.55. The van der Waals surface area contributed by atoms with E-state index in [0.29, 0.717) is 12.3 Å². The highest BCUT2D eigenvalue weighted by Gasteiger charge is 2.34. The number of anilines is 1. The van der Waals surface area contributed by atoms with Gasteiger partial charge in [0.05, 0.1) is 5.69 Å². The SMILES string of the molecule is NC(=O)C1CC(C(=O)NCCCn2cccn2)=NN1c1ccccc1. The molecular formula is C17H20N6O2. The number of hydrogen-bond donors (Lipinski definition) is 2. The Kier molecular flexibility index (Phi) is 5.08. The molecule has 25 heavy (non-hydrogen) atoms. The molecule has 1 aliphatic heterocycles. The number of aromatic nitrogens is 2. The third kappa shape index (κ3) is 4.03. The van der Waals surface area contributed by atoms with Crippen molar-refractivity contribution in [3.63, 3.8) is 0 Å². The zero-order valence-electron chi connectivity index (χ0n) is 13.7. The van der Waals surface area contributed by atoms with Crippen LogP contribution in [0.4, 0.5) is 5.69 Å². The Labute approximate surface area is 145 Å². The van der Waals surface area contributed by atoms with Crippen molar-refractivity contribution < 1.29 is 9.59 Å². The van der Waals surface area contributed by atoms with Gasteiger partial charge in [-0.3, -0.25) is 19.3 Å². The Hall–Kier alpha value is -3.16. The van der Waals surface area contributed by atoms with Crippen LogP contribution in [0.2, 0.25) is 0 Å². The fraction of sp³-hybridized carbons (Fsp3) is 0.294. The second kappa shape index (κ2) is 7.61. The number of carbonyl (C=O) groups is 2. The number of hydrazone groups is 1. The van der Waals surface area contributed by atoms with Crippen molar-refractivity contribution in [2.45, 2.75) is 25.4 Å². The maximum absolute atomic E-state index is 12.3. The van der Waals surface area contributed by atoms with Gasteiger partial charge in [-0.25, -0.2) is 0 Å². The summed E-state index contributed by atoms with van der Waals surface area (Å²) in [5, 5.41) is 12.8. The lowest BCUT2D eigenvalue weighted by atomic mass is 10.1. The number of amides is 2. The van der Waals surface area contributed by atoms with Crippen LogP contribution in [0.3, 0.4) is 0 Å². The van der Waals surface area contributed by atoms with Gasteiger partial charge in [-0.2, -0.15) is 10.2 Å². The Bertz CT molecular complexity index is 757. The van der Waals surface area contributed by atoms with Gasteiger partial charge in [-0.1, -0.05) is 18.2 Å². The summed E-state index contributed by atoms with van der Waals surface area (Å²) in [5.74, 6) is -0.778. The topological polar surface area (TPSA) is 106 Å². The molecule has 1 atom stereocenters. The summed E-state index contributed by atoms with van der Waals surface area (Å²) < 4.78 is 1.81. The van der Waals surface area contributed by atoms with Gasteiger partial charge < -0.3 is 11.1 Å². The van der Waals surface area contributed by atoms with E-state index in [1.54, 1.807) is 10.9 Å². The first-order valence-corrected chi connectivity index (χ1v) is 8.12. The summed E-state index contributed by atoms with van der Waals surface area (Å²) in [7, 11) is 0. The van der Waals surface area contributed by atoms with Crippen LogP contribution in [-0.4, -0.2) is 39.9 Å². The molecule has 0 saturated heterocycles. The lowest BCUT2D eigenvalue weighted by Gasteiger charge is -2.20. The normalized spacial score (nSPS) is 16.6. The number of primary amides is 1. The van der Waals surface area contributed by atoms with Gasteiger partial charge in [0.15, 0.2) is 0 Å². The molecule has 8 nitrogen and oxygen atoms in total. The third-order valence-corrected chi connectivity index (χ3v) is 3.93. The average molecular weight is 340 g/mol. The fourth-order valence-corrected chi connectivity index (χ4v) is 2.67. The van der Waals surface area contributed by atoms with Gasteiger partial charge in [0.1, 0.15) is 11.8 Å². The Balaban J connectivity index is 1.59. The second-order valence-electron chi connectivity index (χ2n) is 5.73. The quantitative estimate of drug-likeness (QED) is 0.716. The van der Waals surface area contributed by atoms with E-state index in [4.69, 9.17) is 5.73 Å². The minimum absolute atomic E-state index is 0.204. The molecule has 2 amide bonds. The number of aryl methyl sites for hydroxylation is 1. The molecule has 1 aromatic heterocycles. The van der Waals surface area contributed by atoms with E-state index < -0.39 is 11.9 Å². The van der Waals surface area contributed by atoms with Crippen LogP contribution in [0.15, 0.2) is 53.9 Å². The van der Waals surface area contributed by atoms with Crippen LogP contribution in [-0.2, 0) is 16.1 Å². The van der Waals surface area contributed by atoms with E-state index in [2.05, 4.69) is 15.5 Å². The molecule has 1 unspecified atom stereocenters. The molecule has 8 heteroatoms. The molecule has 0 bridgehead atoms. The monoisotopic (exact) mass is 340 g/mol. The van der Waals surface area contributed by atoms with E-state index >= 15 is 0 Å². The molecule has 130 valence electrons. The van der Waals surface area contributed by atoms with Crippen molar-refractivity contribution in [3.05, 3.63) is 48.8 Å². The largest absolute Gasteiger partial charge is 0.368 e. The highest BCUT2D eigenvalue weighted by atomic mass is 16.2. The van der Waals surface area contributed by atoms with Crippen molar-refractivity contribution in [1.82, 2.24) is 15.1 Å². The van der Waals surface area contributed by atoms with Crippen LogP contribution < -0.4 is 16.1 Å². The smallest absolute Gasteiger partial charge is 0.267 e. The molecule has 0 saturated carbocycles. The van der Waals surface area contributed by atoms with Gasteiger partial charge in [0.2, 0.25) is 5.91 Å².